The van der Waals surface area contributed by atoms with Gasteiger partial charge in [-0.1, -0.05) is 42.1 Å². The van der Waals surface area contributed by atoms with Crippen LogP contribution in [0.15, 0.2) is 35.5 Å². The number of carbonyl (C=O) groups excluding carboxylic acids is 2. The van der Waals surface area contributed by atoms with E-state index in [4.69, 9.17) is 0 Å². The summed E-state index contributed by atoms with van der Waals surface area (Å²) in [6.07, 6.45) is 0.725. The van der Waals surface area contributed by atoms with E-state index in [1.54, 1.807) is 11.8 Å². The van der Waals surface area contributed by atoms with Crippen LogP contribution >= 0.6 is 11.8 Å². The predicted octanol–water partition coefficient (Wildman–Crippen LogP) is 1.67. The van der Waals surface area contributed by atoms with Crippen molar-refractivity contribution in [3.63, 3.8) is 0 Å². The number of carbonyl (C=O) groups is 2. The average Bonchev–Trinajstić information content (AvgIpc) is 3.08. The number of nitrogens with zero attached hydrogens (tertiary/aromatic N) is 5. The maximum absolute atomic E-state index is 12.5. The molecule has 0 spiro atoms. The van der Waals surface area contributed by atoms with Gasteiger partial charge in [0.1, 0.15) is 5.82 Å². The molecule has 1 aliphatic heterocycles. The Morgan fingerprint density at radius 3 is 2.33 bits per heavy atom. The van der Waals surface area contributed by atoms with Gasteiger partial charge in [0.05, 0.1) is 5.75 Å². The third-order valence-corrected chi connectivity index (χ3v) is 5.67. The number of benzene rings is 1. The summed E-state index contributed by atoms with van der Waals surface area (Å²) in [6, 6.07) is 10.2. The van der Waals surface area contributed by atoms with Gasteiger partial charge in [-0.2, -0.15) is 0 Å². The molecular weight excluding hydrogens is 362 g/mol. The lowest BCUT2D eigenvalue weighted by Gasteiger charge is -2.34. The summed E-state index contributed by atoms with van der Waals surface area (Å²) in [5.74, 6) is 1.40. The highest BCUT2D eigenvalue weighted by Crippen LogP contribution is 2.19. The van der Waals surface area contributed by atoms with E-state index in [0.29, 0.717) is 31.9 Å². The van der Waals surface area contributed by atoms with Gasteiger partial charge in [0.2, 0.25) is 11.8 Å². The minimum absolute atomic E-state index is 0.0680. The average molecular weight is 388 g/mol. The third-order valence-electron chi connectivity index (χ3n) is 4.72. The number of thioether (sulfide) groups is 1. The molecule has 1 saturated heterocycles. The molecule has 0 atom stereocenters. The van der Waals surface area contributed by atoms with E-state index in [-0.39, 0.29) is 11.8 Å². The molecule has 1 aliphatic rings. The van der Waals surface area contributed by atoms with Crippen molar-refractivity contribution in [1.82, 2.24) is 24.6 Å². The van der Waals surface area contributed by atoms with Gasteiger partial charge in [0.25, 0.3) is 0 Å². The van der Waals surface area contributed by atoms with Crippen molar-refractivity contribution in [2.24, 2.45) is 0 Å². The van der Waals surface area contributed by atoms with Gasteiger partial charge in [0, 0.05) is 46.1 Å². The van der Waals surface area contributed by atoms with Crippen LogP contribution in [0.25, 0.3) is 0 Å². The van der Waals surface area contributed by atoms with Crippen LogP contribution in [0.4, 0.5) is 0 Å². The normalized spacial score (nSPS) is 14.4. The first kappa shape index (κ1) is 19.4. The van der Waals surface area contributed by atoms with Gasteiger partial charge in [-0.25, -0.2) is 0 Å². The first-order chi connectivity index (χ1) is 13.1. The maximum Gasteiger partial charge on any atom is 0.233 e. The fraction of sp³-hybridized carbons (Fsp3) is 0.474. The van der Waals surface area contributed by atoms with Gasteiger partial charge in [-0.3, -0.25) is 9.59 Å². The van der Waals surface area contributed by atoms with Gasteiger partial charge < -0.3 is 14.4 Å². The number of hydrogen-bond acceptors (Lipinski definition) is 5. The van der Waals surface area contributed by atoms with Crippen LogP contribution in [-0.2, 0) is 22.6 Å². The molecule has 27 heavy (non-hydrogen) atoms. The first-order valence-electron chi connectivity index (χ1n) is 9.20. The van der Waals surface area contributed by atoms with Gasteiger partial charge in [-0.05, 0) is 12.5 Å². The minimum atomic E-state index is 0.0680. The number of aromatic nitrogens is 3. The molecule has 0 N–H and O–H groups in total. The van der Waals surface area contributed by atoms with E-state index in [1.165, 1.54) is 17.3 Å². The lowest BCUT2D eigenvalue weighted by Crippen LogP contribution is -2.50. The second-order valence-electron chi connectivity index (χ2n) is 6.48. The molecule has 0 bridgehead atoms. The van der Waals surface area contributed by atoms with Crippen LogP contribution in [0.2, 0.25) is 0 Å². The van der Waals surface area contributed by atoms with Crippen LogP contribution in [0.5, 0.6) is 0 Å². The van der Waals surface area contributed by atoms with E-state index in [0.717, 1.165) is 23.9 Å². The SMILES string of the molecule is CCn1c(Cc2ccccc2)nnc1SCC(=O)N1CCN(C(C)=O)CC1. The molecule has 1 aromatic heterocycles. The second-order valence-corrected chi connectivity index (χ2v) is 7.42. The minimum Gasteiger partial charge on any atom is -0.339 e. The summed E-state index contributed by atoms with van der Waals surface area (Å²) >= 11 is 1.43. The Labute approximate surface area is 163 Å². The van der Waals surface area contributed by atoms with E-state index >= 15 is 0 Å². The highest BCUT2D eigenvalue weighted by Gasteiger charge is 2.23. The molecule has 2 aromatic rings. The lowest BCUT2D eigenvalue weighted by molar-refractivity contribution is -0.136. The molecule has 144 valence electrons. The van der Waals surface area contributed by atoms with Crippen LogP contribution in [0, 0.1) is 0 Å². The number of amides is 2. The number of hydrogen-bond donors (Lipinski definition) is 0. The Hall–Kier alpha value is -2.35. The fourth-order valence-electron chi connectivity index (χ4n) is 3.14. The summed E-state index contributed by atoms with van der Waals surface area (Å²) in [7, 11) is 0. The summed E-state index contributed by atoms with van der Waals surface area (Å²) in [6.45, 7) is 6.80. The van der Waals surface area contributed by atoms with Crippen LogP contribution in [0.1, 0.15) is 25.2 Å². The maximum atomic E-state index is 12.5. The second kappa shape index (κ2) is 9.03. The van der Waals surface area contributed by atoms with E-state index in [1.807, 2.05) is 23.1 Å². The zero-order chi connectivity index (χ0) is 19.2. The highest BCUT2D eigenvalue weighted by atomic mass is 32.2. The van der Waals surface area contributed by atoms with Crippen molar-refractivity contribution < 1.29 is 9.59 Å². The summed E-state index contributed by atoms with van der Waals surface area (Å²) < 4.78 is 2.07. The molecule has 0 saturated carbocycles. The smallest absolute Gasteiger partial charge is 0.233 e. The zero-order valence-corrected chi connectivity index (χ0v) is 16.6. The largest absolute Gasteiger partial charge is 0.339 e. The van der Waals surface area contributed by atoms with Gasteiger partial charge >= 0.3 is 0 Å². The van der Waals surface area contributed by atoms with E-state index in [9.17, 15) is 9.59 Å². The lowest BCUT2D eigenvalue weighted by atomic mass is 10.1. The van der Waals surface area contributed by atoms with Crippen molar-refractivity contribution in [3.05, 3.63) is 41.7 Å². The van der Waals surface area contributed by atoms with Crippen molar-refractivity contribution in [1.29, 1.82) is 0 Å². The van der Waals surface area contributed by atoms with E-state index in [2.05, 4.69) is 33.8 Å². The predicted molar refractivity (Wildman–Crippen MR) is 105 cm³/mol. The number of piperazine rings is 1. The van der Waals surface area contributed by atoms with Crippen LogP contribution < -0.4 is 0 Å². The molecule has 3 rings (SSSR count). The Morgan fingerprint density at radius 1 is 1.04 bits per heavy atom. The third kappa shape index (κ3) is 4.88. The summed E-state index contributed by atoms with van der Waals surface area (Å²) in [5.41, 5.74) is 1.19. The highest BCUT2D eigenvalue weighted by molar-refractivity contribution is 7.99. The fourth-order valence-corrected chi connectivity index (χ4v) is 4.06. The molecule has 1 aromatic carbocycles. The summed E-state index contributed by atoms with van der Waals surface area (Å²) in [4.78, 5) is 27.5. The molecule has 0 aliphatic carbocycles. The molecule has 1 fully saturated rings. The standard InChI is InChI=1S/C19H25N5O2S/c1-3-24-17(13-16-7-5-4-6-8-16)20-21-19(24)27-14-18(26)23-11-9-22(10-12-23)15(2)25/h4-8H,3,9-14H2,1-2H3. The first-order valence-corrected chi connectivity index (χ1v) is 10.2. The monoisotopic (exact) mass is 387 g/mol. The van der Waals surface area contributed by atoms with Crippen LogP contribution in [0.3, 0.4) is 0 Å². The van der Waals surface area contributed by atoms with Crippen LogP contribution in [-0.4, -0.2) is 68.3 Å². The van der Waals surface area contributed by atoms with Crippen molar-refractivity contribution in [3.8, 4) is 0 Å². The molecule has 2 heterocycles. The van der Waals surface area contributed by atoms with E-state index < -0.39 is 0 Å². The molecule has 7 nitrogen and oxygen atoms in total. The zero-order valence-electron chi connectivity index (χ0n) is 15.8. The molecular formula is C19H25N5O2S. The molecule has 8 heteroatoms. The van der Waals surface area contributed by atoms with Crippen molar-refractivity contribution in [2.75, 3.05) is 31.9 Å². The molecule has 0 unspecified atom stereocenters. The quantitative estimate of drug-likeness (QED) is 0.705. The topological polar surface area (TPSA) is 71.3 Å². The Morgan fingerprint density at radius 2 is 1.70 bits per heavy atom. The van der Waals surface area contributed by atoms with Crippen molar-refractivity contribution in [2.45, 2.75) is 32.0 Å². The Bertz CT molecular complexity index is 785. The molecule has 2 amide bonds. The van der Waals surface area contributed by atoms with Gasteiger partial charge in [-0.15, -0.1) is 10.2 Å². The summed E-state index contributed by atoms with van der Waals surface area (Å²) in [5, 5.41) is 9.39. The van der Waals surface area contributed by atoms with Gasteiger partial charge in [0.15, 0.2) is 5.16 Å². The Balaban J connectivity index is 1.56. The number of rotatable bonds is 6. The Kier molecular flexibility index (Phi) is 6.49. The van der Waals surface area contributed by atoms with Crippen molar-refractivity contribution >= 4 is 23.6 Å². The molecule has 0 radical (unpaired) electrons.